The van der Waals surface area contributed by atoms with Gasteiger partial charge in [-0.15, -0.1) is 0 Å². The number of fused-ring (bicyclic) bond motifs is 1. The molecule has 2 aromatic carbocycles. The van der Waals surface area contributed by atoms with Crippen LogP contribution < -0.4 is 10.9 Å². The van der Waals surface area contributed by atoms with Crippen LogP contribution in [0, 0.1) is 4.64 Å². The van der Waals surface area contributed by atoms with E-state index in [0.29, 0.717) is 16.0 Å². The topological polar surface area (TPSA) is 90.1 Å². The minimum absolute atomic E-state index is 0.250. The molecule has 0 aliphatic rings. The van der Waals surface area contributed by atoms with Crippen molar-refractivity contribution in [3.63, 3.8) is 0 Å². The van der Waals surface area contributed by atoms with Gasteiger partial charge in [0.05, 0.1) is 11.0 Å². The highest BCUT2D eigenvalue weighted by molar-refractivity contribution is 7.71. The summed E-state index contributed by atoms with van der Waals surface area (Å²) < 4.78 is 0.432. The van der Waals surface area contributed by atoms with Crippen molar-refractivity contribution in [2.45, 2.75) is 0 Å². The second-order valence-electron chi connectivity index (χ2n) is 5.45. The predicted octanol–water partition coefficient (Wildman–Crippen LogP) is 2.75. The molecule has 0 unspecified atom stereocenters. The highest BCUT2D eigenvalue weighted by atomic mass is 32.1. The Hall–Kier alpha value is -3.26. The molecule has 0 saturated carbocycles. The number of hydrogen-bond donors (Lipinski definition) is 3. The van der Waals surface area contributed by atoms with Crippen LogP contribution in [0.25, 0.3) is 11.0 Å². The van der Waals surface area contributed by atoms with Crippen molar-refractivity contribution in [2.75, 3.05) is 19.5 Å². The number of anilines is 1. The lowest BCUT2D eigenvalue weighted by Crippen LogP contribution is -2.30. The zero-order valence-electron chi connectivity index (χ0n) is 14.4. The number of rotatable bonds is 4. The molecule has 3 aromatic rings. The molecule has 0 fully saturated rings. The second kappa shape index (κ2) is 9.28. The van der Waals surface area contributed by atoms with Crippen LogP contribution in [0.3, 0.4) is 0 Å². The monoisotopic (exact) mass is 369 g/mol. The first kappa shape index (κ1) is 19.1. The number of nitrogens with one attached hydrogen (secondary N) is 3. The number of hydrogen-bond acceptors (Lipinski definition) is 5. The molecule has 134 valence electrons. The maximum atomic E-state index is 11.9. The minimum Gasteiger partial charge on any atom is -0.351 e. The average molecular weight is 369 g/mol. The van der Waals surface area contributed by atoms with E-state index < -0.39 is 0 Å². The lowest BCUT2D eigenvalue weighted by Gasteiger charge is -2.08. The molecule has 0 bridgehead atoms. The van der Waals surface area contributed by atoms with Gasteiger partial charge in [0, 0.05) is 19.7 Å². The number of benzene rings is 2. The van der Waals surface area contributed by atoms with Crippen LogP contribution in [0.4, 0.5) is 5.82 Å². The smallest absolute Gasteiger partial charge is 0.269 e. The van der Waals surface area contributed by atoms with Crippen LogP contribution in [0.2, 0.25) is 0 Å². The van der Waals surface area contributed by atoms with Gasteiger partial charge in [-0.3, -0.25) is 20.4 Å². The molecule has 1 aromatic heterocycles. The summed E-state index contributed by atoms with van der Waals surface area (Å²) in [7, 11) is 3.38. The number of aromatic amines is 1. The van der Waals surface area contributed by atoms with Gasteiger partial charge in [-0.25, -0.2) is 4.98 Å². The predicted molar refractivity (Wildman–Crippen MR) is 104 cm³/mol. The lowest BCUT2D eigenvalue weighted by molar-refractivity contribution is -0.115. The maximum Gasteiger partial charge on any atom is 0.269 e. The van der Waals surface area contributed by atoms with Crippen molar-refractivity contribution in [1.82, 2.24) is 20.3 Å². The highest BCUT2D eigenvalue weighted by Crippen LogP contribution is 2.12. The SMILES string of the molecule is CN(C)C=O.O=C(NNc1nc2ccccc2[nH]c1=S)c1ccccc1. The van der Waals surface area contributed by atoms with Crippen LogP contribution in [0.1, 0.15) is 10.4 Å². The van der Waals surface area contributed by atoms with Crippen molar-refractivity contribution in [2.24, 2.45) is 0 Å². The zero-order valence-corrected chi connectivity index (χ0v) is 15.2. The van der Waals surface area contributed by atoms with Crippen molar-refractivity contribution in [1.29, 1.82) is 0 Å². The van der Waals surface area contributed by atoms with Crippen molar-refractivity contribution < 1.29 is 9.59 Å². The Kier molecular flexibility index (Phi) is 6.81. The van der Waals surface area contributed by atoms with Gasteiger partial charge < -0.3 is 9.88 Å². The average Bonchev–Trinajstić information content (AvgIpc) is 2.67. The lowest BCUT2D eigenvalue weighted by atomic mass is 10.2. The molecule has 0 aliphatic heterocycles. The number of carbonyl (C=O) groups is 2. The first-order valence-electron chi connectivity index (χ1n) is 7.73. The Morgan fingerprint density at radius 3 is 2.38 bits per heavy atom. The molecule has 1 heterocycles. The maximum absolute atomic E-state index is 11.9. The van der Waals surface area contributed by atoms with E-state index in [1.807, 2.05) is 30.3 Å². The number of carbonyl (C=O) groups excluding carboxylic acids is 2. The molecule has 7 nitrogen and oxygen atoms in total. The summed E-state index contributed by atoms with van der Waals surface area (Å²) in [6.07, 6.45) is 0.750. The largest absolute Gasteiger partial charge is 0.351 e. The Bertz CT molecular complexity index is 941. The van der Waals surface area contributed by atoms with Crippen LogP contribution >= 0.6 is 12.2 Å². The molecule has 0 atom stereocenters. The third-order valence-electron chi connectivity index (χ3n) is 3.14. The standard InChI is InChI=1S/C15H12N4OS.C3H7NO/c20-14(10-6-2-1-3-7-10)19-18-13-15(21)17-12-9-5-4-8-11(12)16-13;1-4(2)3-5/h1-9H,(H,16,18)(H,17,21)(H,19,20);3H,1-2H3. The zero-order chi connectivity index (χ0) is 18.9. The van der Waals surface area contributed by atoms with E-state index in [1.54, 1.807) is 38.4 Å². The van der Waals surface area contributed by atoms with Crippen molar-refractivity contribution in [3.05, 3.63) is 64.8 Å². The minimum atomic E-state index is -0.250. The summed E-state index contributed by atoms with van der Waals surface area (Å²) in [6, 6.07) is 16.5. The van der Waals surface area contributed by atoms with E-state index in [2.05, 4.69) is 20.8 Å². The summed E-state index contributed by atoms with van der Waals surface area (Å²) in [6.45, 7) is 0. The highest BCUT2D eigenvalue weighted by Gasteiger charge is 2.06. The molecule has 26 heavy (non-hydrogen) atoms. The fourth-order valence-corrected chi connectivity index (χ4v) is 2.10. The molecule has 0 radical (unpaired) electrons. The fourth-order valence-electron chi connectivity index (χ4n) is 1.89. The number of H-pyrrole nitrogens is 1. The van der Waals surface area contributed by atoms with Gasteiger partial charge in [0.2, 0.25) is 6.41 Å². The fraction of sp³-hybridized carbons (Fsp3) is 0.111. The summed E-state index contributed by atoms with van der Waals surface area (Å²) in [4.78, 5) is 30.3. The Morgan fingerprint density at radius 2 is 1.73 bits per heavy atom. The molecular weight excluding hydrogens is 350 g/mol. The van der Waals surface area contributed by atoms with Crippen LogP contribution in [0.15, 0.2) is 54.6 Å². The third kappa shape index (κ3) is 5.38. The van der Waals surface area contributed by atoms with Gasteiger partial charge in [0.15, 0.2) is 5.82 Å². The third-order valence-corrected chi connectivity index (χ3v) is 3.44. The van der Waals surface area contributed by atoms with Crippen LogP contribution in [-0.4, -0.2) is 41.3 Å². The number of hydrazine groups is 1. The van der Waals surface area contributed by atoms with E-state index in [-0.39, 0.29) is 5.91 Å². The van der Waals surface area contributed by atoms with Crippen LogP contribution in [0.5, 0.6) is 0 Å². The first-order chi connectivity index (χ1) is 12.5. The molecule has 3 N–H and O–H groups in total. The molecule has 0 saturated heterocycles. The normalized spacial score (nSPS) is 9.62. The molecule has 8 heteroatoms. The second-order valence-corrected chi connectivity index (χ2v) is 5.85. The molecule has 2 amide bonds. The molecule has 0 spiro atoms. The molecule has 0 aliphatic carbocycles. The number of amides is 2. The number of nitrogens with zero attached hydrogens (tertiary/aromatic N) is 2. The summed E-state index contributed by atoms with van der Waals surface area (Å²) >= 11 is 5.22. The Morgan fingerprint density at radius 1 is 1.12 bits per heavy atom. The summed E-state index contributed by atoms with van der Waals surface area (Å²) in [5.74, 6) is 0.160. The van der Waals surface area contributed by atoms with Gasteiger partial charge >= 0.3 is 0 Å². The number of aromatic nitrogens is 2. The quantitative estimate of drug-likeness (QED) is 0.374. The number of para-hydroxylation sites is 2. The van der Waals surface area contributed by atoms with E-state index >= 15 is 0 Å². The van der Waals surface area contributed by atoms with E-state index in [4.69, 9.17) is 12.2 Å². The van der Waals surface area contributed by atoms with E-state index in [9.17, 15) is 9.59 Å². The Balaban J connectivity index is 0.000000431. The van der Waals surface area contributed by atoms with Gasteiger partial charge in [0.1, 0.15) is 4.64 Å². The van der Waals surface area contributed by atoms with Gasteiger partial charge in [-0.1, -0.05) is 42.5 Å². The molecule has 3 rings (SSSR count). The van der Waals surface area contributed by atoms with E-state index in [0.717, 1.165) is 17.4 Å². The van der Waals surface area contributed by atoms with E-state index in [1.165, 1.54) is 4.90 Å². The van der Waals surface area contributed by atoms with Gasteiger partial charge in [-0.05, 0) is 24.3 Å². The van der Waals surface area contributed by atoms with Gasteiger partial charge in [0.25, 0.3) is 5.91 Å². The van der Waals surface area contributed by atoms with Crippen molar-refractivity contribution in [3.8, 4) is 0 Å². The Labute approximate surface area is 156 Å². The summed E-state index contributed by atoms with van der Waals surface area (Å²) in [5, 5.41) is 0. The molecular formula is C18H19N5O2S. The van der Waals surface area contributed by atoms with Crippen LogP contribution in [-0.2, 0) is 4.79 Å². The summed E-state index contributed by atoms with van der Waals surface area (Å²) in [5.41, 5.74) is 7.51. The van der Waals surface area contributed by atoms with Crippen molar-refractivity contribution >= 4 is 41.4 Å². The van der Waals surface area contributed by atoms with Gasteiger partial charge in [-0.2, -0.15) is 0 Å². The first-order valence-corrected chi connectivity index (χ1v) is 8.14.